The molecular formula is C14H13N3O3S. The summed E-state index contributed by atoms with van der Waals surface area (Å²) in [5.41, 5.74) is 0.466. The Morgan fingerprint density at radius 3 is 2.95 bits per heavy atom. The molecule has 0 saturated heterocycles. The van der Waals surface area contributed by atoms with Crippen LogP contribution < -0.4 is 5.56 Å². The molecule has 3 heterocycles. The Hall–Kier alpha value is -2.41. The number of thiophene rings is 1. The summed E-state index contributed by atoms with van der Waals surface area (Å²) in [5.74, 6) is 1.15. The summed E-state index contributed by atoms with van der Waals surface area (Å²) in [7, 11) is 1.64. The standard InChI is InChI=1S/C14H13N3O3S/c1-8-3-4-10(20-8)14(19)17(2)7-11-15-9-5-6-21-12(9)13(18)16-11/h3-6H,7H2,1-2H3,(H,15,16,18). The van der Waals surface area contributed by atoms with Crippen LogP contribution in [0.15, 0.2) is 32.8 Å². The van der Waals surface area contributed by atoms with E-state index in [4.69, 9.17) is 4.42 Å². The molecule has 1 amide bonds. The third-order valence-electron chi connectivity index (χ3n) is 3.05. The Morgan fingerprint density at radius 2 is 2.24 bits per heavy atom. The molecule has 0 spiro atoms. The topological polar surface area (TPSA) is 79.2 Å². The zero-order chi connectivity index (χ0) is 15.0. The number of carbonyl (C=O) groups is 1. The highest BCUT2D eigenvalue weighted by atomic mass is 32.1. The van der Waals surface area contributed by atoms with Gasteiger partial charge in [-0.1, -0.05) is 0 Å². The average molecular weight is 303 g/mol. The van der Waals surface area contributed by atoms with E-state index in [-0.39, 0.29) is 23.8 Å². The zero-order valence-electron chi connectivity index (χ0n) is 11.5. The molecule has 108 valence electrons. The number of H-pyrrole nitrogens is 1. The van der Waals surface area contributed by atoms with Gasteiger partial charge in [-0.05, 0) is 30.5 Å². The van der Waals surface area contributed by atoms with Gasteiger partial charge < -0.3 is 14.3 Å². The second kappa shape index (κ2) is 5.17. The lowest BCUT2D eigenvalue weighted by Crippen LogP contribution is -2.27. The second-order valence-corrected chi connectivity index (χ2v) is 5.64. The normalized spacial score (nSPS) is 11.0. The molecule has 0 saturated carbocycles. The first-order valence-corrected chi connectivity index (χ1v) is 7.21. The number of aryl methyl sites for hydroxylation is 1. The number of hydrogen-bond acceptors (Lipinski definition) is 5. The van der Waals surface area contributed by atoms with Crippen LogP contribution in [0.4, 0.5) is 0 Å². The number of carbonyl (C=O) groups excluding carboxylic acids is 1. The van der Waals surface area contributed by atoms with Crippen molar-refractivity contribution >= 4 is 27.5 Å². The van der Waals surface area contributed by atoms with Crippen molar-refractivity contribution in [2.45, 2.75) is 13.5 Å². The maximum absolute atomic E-state index is 12.2. The van der Waals surface area contributed by atoms with Gasteiger partial charge in [0.25, 0.3) is 11.5 Å². The first kappa shape index (κ1) is 13.6. The Labute approximate surface area is 124 Å². The van der Waals surface area contributed by atoms with Crippen molar-refractivity contribution in [3.8, 4) is 0 Å². The minimum atomic E-state index is -0.254. The largest absolute Gasteiger partial charge is 0.456 e. The lowest BCUT2D eigenvalue weighted by atomic mass is 10.3. The van der Waals surface area contributed by atoms with Crippen molar-refractivity contribution < 1.29 is 9.21 Å². The first-order chi connectivity index (χ1) is 10.0. The van der Waals surface area contributed by atoms with Gasteiger partial charge in [-0.25, -0.2) is 4.98 Å². The van der Waals surface area contributed by atoms with Crippen molar-refractivity contribution in [3.63, 3.8) is 0 Å². The van der Waals surface area contributed by atoms with E-state index in [1.807, 2.05) is 5.38 Å². The van der Waals surface area contributed by atoms with Gasteiger partial charge in [-0.3, -0.25) is 9.59 Å². The molecule has 7 heteroatoms. The molecule has 3 rings (SSSR count). The van der Waals surface area contributed by atoms with Crippen molar-refractivity contribution in [2.75, 3.05) is 7.05 Å². The number of nitrogens with one attached hydrogen (secondary N) is 1. The monoisotopic (exact) mass is 303 g/mol. The summed E-state index contributed by atoms with van der Waals surface area (Å²) in [4.78, 5) is 32.6. The van der Waals surface area contributed by atoms with Crippen LogP contribution in [0.25, 0.3) is 10.2 Å². The van der Waals surface area contributed by atoms with E-state index in [2.05, 4.69) is 9.97 Å². The van der Waals surface area contributed by atoms with Crippen molar-refractivity contribution in [1.82, 2.24) is 14.9 Å². The fourth-order valence-electron chi connectivity index (χ4n) is 2.03. The fraction of sp³-hybridized carbons (Fsp3) is 0.214. The van der Waals surface area contributed by atoms with Gasteiger partial charge in [0, 0.05) is 7.05 Å². The molecule has 21 heavy (non-hydrogen) atoms. The number of fused-ring (bicyclic) bond motifs is 1. The molecule has 6 nitrogen and oxygen atoms in total. The lowest BCUT2D eigenvalue weighted by Gasteiger charge is -2.14. The molecule has 0 aromatic carbocycles. The quantitative estimate of drug-likeness (QED) is 0.804. The molecule has 0 atom stereocenters. The van der Waals surface area contributed by atoms with Gasteiger partial charge in [0.15, 0.2) is 5.76 Å². The van der Waals surface area contributed by atoms with Crippen LogP contribution in [-0.4, -0.2) is 27.8 Å². The van der Waals surface area contributed by atoms with Crippen LogP contribution in [0.5, 0.6) is 0 Å². The Balaban J connectivity index is 1.84. The van der Waals surface area contributed by atoms with Crippen LogP contribution in [0.2, 0.25) is 0 Å². The lowest BCUT2D eigenvalue weighted by molar-refractivity contribution is 0.0748. The molecule has 0 aliphatic rings. The summed E-state index contributed by atoms with van der Waals surface area (Å²) >= 11 is 1.35. The van der Waals surface area contributed by atoms with E-state index in [1.54, 1.807) is 32.2 Å². The Morgan fingerprint density at radius 1 is 1.43 bits per heavy atom. The Kier molecular flexibility index (Phi) is 3.34. The third kappa shape index (κ3) is 2.59. The van der Waals surface area contributed by atoms with Gasteiger partial charge in [0.05, 0.1) is 12.1 Å². The van der Waals surface area contributed by atoms with Gasteiger partial charge in [0.2, 0.25) is 0 Å². The van der Waals surface area contributed by atoms with E-state index in [1.165, 1.54) is 16.2 Å². The van der Waals surface area contributed by atoms with Gasteiger partial charge >= 0.3 is 0 Å². The Bertz CT molecular complexity index is 862. The maximum atomic E-state index is 12.2. The van der Waals surface area contributed by atoms with E-state index >= 15 is 0 Å². The molecule has 0 radical (unpaired) electrons. The highest BCUT2D eigenvalue weighted by Gasteiger charge is 2.17. The zero-order valence-corrected chi connectivity index (χ0v) is 12.4. The van der Waals surface area contributed by atoms with Gasteiger partial charge in [-0.2, -0.15) is 0 Å². The first-order valence-electron chi connectivity index (χ1n) is 6.33. The molecule has 0 aliphatic carbocycles. The predicted octanol–water partition coefficient (Wildman–Crippen LogP) is 2.16. The minimum Gasteiger partial charge on any atom is -0.456 e. The molecular weight excluding hydrogens is 290 g/mol. The number of aromatic amines is 1. The van der Waals surface area contributed by atoms with E-state index in [9.17, 15) is 9.59 Å². The van der Waals surface area contributed by atoms with Gasteiger partial charge in [0.1, 0.15) is 16.3 Å². The molecule has 3 aromatic rings. The summed E-state index contributed by atoms with van der Waals surface area (Å²) < 4.78 is 5.90. The molecule has 3 aromatic heterocycles. The highest BCUT2D eigenvalue weighted by Crippen LogP contribution is 2.15. The summed E-state index contributed by atoms with van der Waals surface area (Å²) in [6.45, 7) is 1.99. The summed E-state index contributed by atoms with van der Waals surface area (Å²) in [5, 5.41) is 1.82. The number of rotatable bonds is 3. The van der Waals surface area contributed by atoms with Crippen LogP contribution in [-0.2, 0) is 6.54 Å². The maximum Gasteiger partial charge on any atom is 0.289 e. The van der Waals surface area contributed by atoms with Gasteiger partial charge in [-0.15, -0.1) is 11.3 Å². The van der Waals surface area contributed by atoms with E-state index < -0.39 is 0 Å². The fourth-order valence-corrected chi connectivity index (χ4v) is 2.76. The van der Waals surface area contributed by atoms with Crippen molar-refractivity contribution in [2.24, 2.45) is 0 Å². The minimum absolute atomic E-state index is 0.181. The SMILES string of the molecule is Cc1ccc(C(=O)N(C)Cc2nc3ccsc3c(=O)[nH]2)o1. The van der Waals surface area contributed by atoms with E-state index in [0.29, 0.717) is 21.8 Å². The molecule has 0 unspecified atom stereocenters. The average Bonchev–Trinajstić information content (AvgIpc) is 3.06. The molecule has 0 aliphatic heterocycles. The summed E-state index contributed by atoms with van der Waals surface area (Å²) in [6.07, 6.45) is 0. The number of nitrogens with zero attached hydrogens (tertiary/aromatic N) is 2. The highest BCUT2D eigenvalue weighted by molar-refractivity contribution is 7.17. The summed E-state index contributed by atoms with van der Waals surface area (Å²) in [6, 6.07) is 5.15. The van der Waals surface area contributed by atoms with E-state index in [0.717, 1.165) is 0 Å². The second-order valence-electron chi connectivity index (χ2n) is 4.72. The molecule has 1 N–H and O–H groups in total. The number of amides is 1. The predicted molar refractivity (Wildman–Crippen MR) is 79.5 cm³/mol. The number of furan rings is 1. The number of hydrogen-bond donors (Lipinski definition) is 1. The smallest absolute Gasteiger partial charge is 0.289 e. The molecule has 0 fully saturated rings. The van der Waals surface area contributed by atoms with Crippen LogP contribution >= 0.6 is 11.3 Å². The van der Waals surface area contributed by atoms with Crippen molar-refractivity contribution in [3.05, 3.63) is 51.3 Å². The third-order valence-corrected chi connectivity index (χ3v) is 3.95. The molecule has 0 bridgehead atoms. The van der Waals surface area contributed by atoms with Crippen molar-refractivity contribution in [1.29, 1.82) is 0 Å². The van der Waals surface area contributed by atoms with Crippen LogP contribution in [0, 0.1) is 6.92 Å². The van der Waals surface area contributed by atoms with Crippen LogP contribution in [0.3, 0.4) is 0 Å². The number of aromatic nitrogens is 2. The van der Waals surface area contributed by atoms with Crippen LogP contribution in [0.1, 0.15) is 22.1 Å².